The second-order valence-corrected chi connectivity index (χ2v) is 7.60. The minimum Gasteiger partial charge on any atom is -0.341 e. The van der Waals surface area contributed by atoms with Gasteiger partial charge < -0.3 is 15.2 Å². The van der Waals surface area contributed by atoms with E-state index in [4.69, 9.17) is 9.97 Å². The van der Waals surface area contributed by atoms with Crippen molar-refractivity contribution in [3.63, 3.8) is 0 Å². The topological polar surface area (TPSA) is 87.6 Å². The third-order valence-electron chi connectivity index (χ3n) is 5.97. The van der Waals surface area contributed by atoms with Crippen LogP contribution < -0.4 is 10.2 Å². The number of aryl methyl sites for hydroxylation is 1. The SMILES string of the molecule is Cn1ncc2cc(-c3nc(N4CC5CNCC5C4)nc4nc[nH]c34)ccc21. The van der Waals surface area contributed by atoms with E-state index in [1.165, 1.54) is 0 Å². The third kappa shape index (κ3) is 2.26. The van der Waals surface area contributed by atoms with E-state index >= 15 is 0 Å². The number of nitrogens with zero attached hydrogens (tertiary/aromatic N) is 6. The Labute approximate surface area is 155 Å². The number of hydrogen-bond donors (Lipinski definition) is 2. The van der Waals surface area contributed by atoms with E-state index in [1.807, 2.05) is 17.9 Å². The molecule has 8 nitrogen and oxygen atoms in total. The van der Waals surface area contributed by atoms with Crippen molar-refractivity contribution in [2.24, 2.45) is 18.9 Å². The maximum Gasteiger partial charge on any atom is 0.228 e. The standard InChI is InChI=1S/C19H20N8/c1-26-15-3-2-11(4-12(15)7-23-26)16-17-18(22-10-21-17)25-19(24-16)27-8-13-5-20-6-14(13)9-27/h2-4,7,10,13-14,20H,5-6,8-9H2,1H3,(H,21,22,24,25). The molecule has 2 saturated heterocycles. The van der Waals surface area contributed by atoms with Crippen molar-refractivity contribution in [2.75, 3.05) is 31.1 Å². The van der Waals surface area contributed by atoms with Gasteiger partial charge in [0.05, 0.1) is 18.0 Å². The van der Waals surface area contributed by atoms with E-state index in [0.29, 0.717) is 11.8 Å². The van der Waals surface area contributed by atoms with Crippen LogP contribution in [0.2, 0.25) is 0 Å². The highest BCUT2D eigenvalue weighted by Gasteiger charge is 2.37. The van der Waals surface area contributed by atoms with Crippen molar-refractivity contribution in [1.82, 2.24) is 35.0 Å². The fourth-order valence-electron chi connectivity index (χ4n) is 4.50. The Morgan fingerprint density at radius 3 is 2.81 bits per heavy atom. The summed E-state index contributed by atoms with van der Waals surface area (Å²) in [5.74, 6) is 2.17. The minimum atomic E-state index is 0.693. The molecule has 0 aliphatic carbocycles. The lowest BCUT2D eigenvalue weighted by Gasteiger charge is -2.18. The smallest absolute Gasteiger partial charge is 0.228 e. The number of benzene rings is 1. The van der Waals surface area contributed by atoms with Gasteiger partial charge in [0.1, 0.15) is 11.2 Å². The Balaban J connectivity index is 1.48. The van der Waals surface area contributed by atoms with Crippen LogP contribution in [0.4, 0.5) is 5.95 Å². The highest BCUT2D eigenvalue weighted by molar-refractivity contribution is 5.92. The van der Waals surface area contributed by atoms with Crippen LogP contribution >= 0.6 is 0 Å². The predicted molar refractivity (Wildman–Crippen MR) is 103 cm³/mol. The first-order valence-electron chi connectivity index (χ1n) is 9.35. The lowest BCUT2D eigenvalue weighted by molar-refractivity contribution is 0.533. The number of anilines is 1. The van der Waals surface area contributed by atoms with Crippen molar-refractivity contribution in [1.29, 1.82) is 0 Å². The molecule has 0 amide bonds. The number of H-pyrrole nitrogens is 1. The Morgan fingerprint density at radius 2 is 1.96 bits per heavy atom. The van der Waals surface area contributed by atoms with E-state index in [2.05, 4.69) is 43.5 Å². The molecule has 1 aromatic carbocycles. The van der Waals surface area contributed by atoms with Gasteiger partial charge in [-0.15, -0.1) is 0 Å². The van der Waals surface area contributed by atoms with Gasteiger partial charge in [-0.2, -0.15) is 10.1 Å². The molecule has 27 heavy (non-hydrogen) atoms. The summed E-state index contributed by atoms with van der Waals surface area (Å²) in [6.45, 7) is 4.20. The summed E-state index contributed by atoms with van der Waals surface area (Å²) < 4.78 is 1.88. The van der Waals surface area contributed by atoms with Gasteiger partial charge >= 0.3 is 0 Å². The van der Waals surface area contributed by atoms with E-state index in [-0.39, 0.29) is 0 Å². The average Bonchev–Trinajstić information content (AvgIpc) is 3.44. The van der Waals surface area contributed by atoms with Gasteiger partial charge in [-0.25, -0.2) is 9.97 Å². The summed E-state index contributed by atoms with van der Waals surface area (Å²) in [5.41, 5.74) is 4.65. The first-order chi connectivity index (χ1) is 13.3. The van der Waals surface area contributed by atoms with Crippen LogP contribution in [0.5, 0.6) is 0 Å². The predicted octanol–water partition coefficient (Wildman–Crippen LogP) is 1.56. The molecule has 2 fully saturated rings. The zero-order chi connectivity index (χ0) is 18.0. The van der Waals surface area contributed by atoms with Crippen LogP contribution in [0.1, 0.15) is 0 Å². The van der Waals surface area contributed by atoms with Crippen molar-refractivity contribution in [3.05, 3.63) is 30.7 Å². The quantitative estimate of drug-likeness (QED) is 0.564. The lowest BCUT2D eigenvalue weighted by atomic mass is 10.0. The molecule has 6 rings (SSSR count). The summed E-state index contributed by atoms with van der Waals surface area (Å²) in [6.07, 6.45) is 3.58. The molecule has 0 bridgehead atoms. The van der Waals surface area contributed by atoms with Crippen LogP contribution in [0.15, 0.2) is 30.7 Å². The number of aromatic amines is 1. The van der Waals surface area contributed by atoms with Crippen LogP contribution in [0, 0.1) is 11.8 Å². The highest BCUT2D eigenvalue weighted by Crippen LogP contribution is 2.32. The normalized spacial score (nSPS) is 22.2. The molecule has 5 heterocycles. The van der Waals surface area contributed by atoms with Crippen molar-refractivity contribution < 1.29 is 0 Å². The maximum atomic E-state index is 4.96. The van der Waals surface area contributed by atoms with Gasteiger partial charge in [-0.05, 0) is 24.0 Å². The summed E-state index contributed by atoms with van der Waals surface area (Å²) in [7, 11) is 1.96. The second kappa shape index (κ2) is 5.50. The Kier molecular flexibility index (Phi) is 3.07. The fraction of sp³-hybridized carbons (Fsp3) is 0.368. The van der Waals surface area contributed by atoms with E-state index in [0.717, 1.165) is 65.5 Å². The van der Waals surface area contributed by atoms with Crippen LogP contribution in [0.3, 0.4) is 0 Å². The molecule has 3 aromatic heterocycles. The van der Waals surface area contributed by atoms with Crippen LogP contribution in [0.25, 0.3) is 33.3 Å². The molecular formula is C19H20N8. The highest BCUT2D eigenvalue weighted by atomic mass is 15.3. The second-order valence-electron chi connectivity index (χ2n) is 7.60. The summed E-state index contributed by atoms with van der Waals surface area (Å²) in [6, 6.07) is 6.32. The summed E-state index contributed by atoms with van der Waals surface area (Å²) in [4.78, 5) is 19.6. The fourth-order valence-corrected chi connectivity index (χ4v) is 4.50. The molecule has 2 aliphatic rings. The number of fused-ring (bicyclic) bond motifs is 3. The first-order valence-corrected chi connectivity index (χ1v) is 9.35. The number of imidazole rings is 1. The van der Waals surface area contributed by atoms with E-state index < -0.39 is 0 Å². The van der Waals surface area contributed by atoms with Crippen LogP contribution in [-0.4, -0.2) is 55.9 Å². The molecule has 2 aliphatic heterocycles. The van der Waals surface area contributed by atoms with Crippen molar-refractivity contribution in [2.45, 2.75) is 0 Å². The number of nitrogens with one attached hydrogen (secondary N) is 2. The summed E-state index contributed by atoms with van der Waals surface area (Å²) >= 11 is 0. The Bertz CT molecular complexity index is 1150. The maximum absolute atomic E-state index is 4.96. The molecule has 0 radical (unpaired) electrons. The van der Waals surface area contributed by atoms with Gasteiger partial charge in [0.2, 0.25) is 5.95 Å². The van der Waals surface area contributed by atoms with Gasteiger partial charge in [0.15, 0.2) is 5.65 Å². The number of hydrogen-bond acceptors (Lipinski definition) is 6. The zero-order valence-corrected chi connectivity index (χ0v) is 15.1. The molecule has 0 saturated carbocycles. The van der Waals surface area contributed by atoms with Crippen LogP contribution in [-0.2, 0) is 7.05 Å². The minimum absolute atomic E-state index is 0.693. The van der Waals surface area contributed by atoms with Gasteiger partial charge in [-0.3, -0.25) is 4.68 Å². The molecule has 0 spiro atoms. The summed E-state index contributed by atoms with van der Waals surface area (Å²) in [5, 5.41) is 8.93. The molecule has 2 unspecified atom stereocenters. The molecule has 4 aromatic rings. The van der Waals surface area contributed by atoms with E-state index in [1.54, 1.807) is 6.33 Å². The monoisotopic (exact) mass is 360 g/mol. The number of aromatic nitrogens is 6. The average molecular weight is 360 g/mol. The molecule has 2 N–H and O–H groups in total. The largest absolute Gasteiger partial charge is 0.341 e. The molecule has 2 atom stereocenters. The van der Waals surface area contributed by atoms with Crippen molar-refractivity contribution in [3.8, 4) is 11.3 Å². The van der Waals surface area contributed by atoms with Gasteiger partial charge in [0.25, 0.3) is 0 Å². The zero-order valence-electron chi connectivity index (χ0n) is 15.1. The molecule has 136 valence electrons. The number of rotatable bonds is 2. The Hall–Kier alpha value is -3.00. The van der Waals surface area contributed by atoms with Crippen molar-refractivity contribution >= 4 is 28.0 Å². The molecule has 8 heteroatoms. The third-order valence-corrected chi connectivity index (χ3v) is 5.97. The van der Waals surface area contributed by atoms with E-state index in [9.17, 15) is 0 Å². The van der Waals surface area contributed by atoms with Gasteiger partial charge in [-0.1, -0.05) is 6.07 Å². The Morgan fingerprint density at radius 1 is 1.11 bits per heavy atom. The lowest BCUT2D eigenvalue weighted by Crippen LogP contribution is -2.27. The molecular weight excluding hydrogens is 340 g/mol. The first kappa shape index (κ1) is 15.1. The van der Waals surface area contributed by atoms with Gasteiger partial charge in [0, 0.05) is 44.2 Å².